The molecule has 3 aromatic rings. The fraction of sp³-hybridized carbons (Fsp3) is 0.222. The topological polar surface area (TPSA) is 135 Å². The molecule has 0 aliphatic carbocycles. The van der Waals surface area contributed by atoms with Crippen molar-refractivity contribution in [3.63, 3.8) is 0 Å². The molecule has 0 aliphatic rings. The first-order valence-corrected chi connectivity index (χ1v) is 11.5. The van der Waals surface area contributed by atoms with Crippen LogP contribution in [0.3, 0.4) is 0 Å². The highest BCUT2D eigenvalue weighted by molar-refractivity contribution is 6.04. The Morgan fingerprint density at radius 3 is 2.19 bits per heavy atom. The van der Waals surface area contributed by atoms with Gasteiger partial charge >= 0.3 is 5.97 Å². The molecular weight excluding hydrogens is 481 g/mol. The number of benzene rings is 2. The van der Waals surface area contributed by atoms with Crippen molar-refractivity contribution in [1.29, 1.82) is 0 Å². The molecule has 2 aromatic carbocycles. The number of nitrogens with one attached hydrogen (secondary N) is 2. The second kappa shape index (κ2) is 12.9. The maximum Gasteiger partial charge on any atom is 0.305 e. The maximum absolute atomic E-state index is 13.3. The molecule has 0 saturated heterocycles. The molecule has 1 aromatic heterocycles. The molecule has 192 valence electrons. The molecule has 1 heterocycles. The summed E-state index contributed by atoms with van der Waals surface area (Å²) >= 11 is 0. The van der Waals surface area contributed by atoms with Gasteiger partial charge in [-0.05, 0) is 42.7 Å². The molecule has 9 nitrogen and oxygen atoms in total. The number of Topliss-reactive ketones (excluding diaryl/α,β-unsaturated/α-hetero) is 1. The Hall–Kier alpha value is -4.60. The summed E-state index contributed by atoms with van der Waals surface area (Å²) in [5.74, 6) is -3.82. The summed E-state index contributed by atoms with van der Waals surface area (Å²) in [6.07, 6.45) is 1.03. The number of hydrogen-bond donors (Lipinski definition) is 3. The second-order valence-electron chi connectivity index (χ2n) is 8.25. The smallest absolute Gasteiger partial charge is 0.305 e. The molecule has 1 unspecified atom stereocenters. The van der Waals surface area contributed by atoms with Gasteiger partial charge in [-0.1, -0.05) is 48.5 Å². The normalized spacial score (nSPS) is 12.2. The number of carbonyl (C=O) groups excluding carboxylic acids is 3. The summed E-state index contributed by atoms with van der Waals surface area (Å²) in [6, 6.07) is 17.5. The van der Waals surface area contributed by atoms with E-state index in [0.717, 1.165) is 10.1 Å². The van der Waals surface area contributed by atoms with E-state index in [0.29, 0.717) is 12.0 Å². The standard InChI is InChI=1S/C27H26FN3O6/c28-17-23(32)21(16-24(33)34)30-26(36)22(14-13-18-8-3-1-4-9-18)31-15-7-12-20(27(31)37)29-25(35)19-10-5-2-6-11-19/h1-12,15,21-22H,13-14,16-17H2,(H,29,35)(H,30,36)(H,33,34)/t21?,22-/m0/s1. The SMILES string of the molecule is O=C(O)CC(NC(=O)[C@H](CCc1ccccc1)n1cccc(NC(=O)c2ccccc2)c1=O)C(=O)CF. The molecule has 3 N–H and O–H groups in total. The number of aliphatic carboxylic acids is 1. The summed E-state index contributed by atoms with van der Waals surface area (Å²) in [4.78, 5) is 62.2. The van der Waals surface area contributed by atoms with Gasteiger partial charge < -0.3 is 20.3 Å². The lowest BCUT2D eigenvalue weighted by Crippen LogP contribution is -2.47. The van der Waals surface area contributed by atoms with E-state index < -0.39 is 54.3 Å². The van der Waals surface area contributed by atoms with Crippen LogP contribution in [-0.4, -0.2) is 46.0 Å². The molecule has 0 spiro atoms. The largest absolute Gasteiger partial charge is 0.481 e. The number of aryl methyl sites for hydroxylation is 1. The van der Waals surface area contributed by atoms with Crippen molar-refractivity contribution in [1.82, 2.24) is 9.88 Å². The summed E-state index contributed by atoms with van der Waals surface area (Å²) in [6.45, 7) is -1.45. The predicted molar refractivity (Wildman–Crippen MR) is 134 cm³/mol. The van der Waals surface area contributed by atoms with Crippen molar-refractivity contribution in [2.45, 2.75) is 31.3 Å². The summed E-state index contributed by atoms with van der Waals surface area (Å²) in [5.41, 5.74) is 0.461. The third kappa shape index (κ3) is 7.44. The number of hydrogen-bond acceptors (Lipinski definition) is 5. The van der Waals surface area contributed by atoms with Crippen LogP contribution in [0, 0.1) is 0 Å². The molecule has 3 rings (SSSR count). The van der Waals surface area contributed by atoms with Gasteiger partial charge in [0.1, 0.15) is 24.4 Å². The van der Waals surface area contributed by atoms with E-state index in [1.54, 1.807) is 30.3 Å². The molecule has 0 fully saturated rings. The lowest BCUT2D eigenvalue weighted by atomic mass is 10.0. The number of rotatable bonds is 12. The van der Waals surface area contributed by atoms with Crippen LogP contribution in [0.25, 0.3) is 0 Å². The molecule has 0 saturated carbocycles. The number of halogens is 1. The van der Waals surface area contributed by atoms with E-state index in [9.17, 15) is 28.4 Å². The Kier molecular flexibility index (Phi) is 9.42. The molecule has 0 radical (unpaired) electrons. The van der Waals surface area contributed by atoms with Gasteiger partial charge in [0.05, 0.1) is 6.42 Å². The number of amides is 2. The van der Waals surface area contributed by atoms with Gasteiger partial charge in [-0.15, -0.1) is 0 Å². The molecule has 10 heteroatoms. The van der Waals surface area contributed by atoms with Crippen LogP contribution >= 0.6 is 0 Å². The Morgan fingerprint density at radius 2 is 1.57 bits per heavy atom. The monoisotopic (exact) mass is 507 g/mol. The van der Waals surface area contributed by atoms with Gasteiger partial charge in [0.25, 0.3) is 11.5 Å². The van der Waals surface area contributed by atoms with E-state index in [1.165, 1.54) is 18.3 Å². The zero-order valence-electron chi connectivity index (χ0n) is 19.8. The van der Waals surface area contributed by atoms with Gasteiger partial charge in [0.15, 0.2) is 5.78 Å². The van der Waals surface area contributed by atoms with Crippen LogP contribution in [0.5, 0.6) is 0 Å². The first-order chi connectivity index (χ1) is 17.8. The minimum absolute atomic E-state index is 0.0733. The van der Waals surface area contributed by atoms with Crippen molar-refractivity contribution >= 4 is 29.3 Å². The number of ketones is 1. The quantitative estimate of drug-likeness (QED) is 0.345. The average Bonchev–Trinajstić information content (AvgIpc) is 2.90. The molecular formula is C27H26FN3O6. The third-order valence-electron chi connectivity index (χ3n) is 5.66. The summed E-state index contributed by atoms with van der Waals surface area (Å²) in [7, 11) is 0. The van der Waals surface area contributed by atoms with Crippen LogP contribution < -0.4 is 16.2 Å². The Bertz CT molecular complexity index is 1310. The van der Waals surface area contributed by atoms with Crippen LogP contribution in [0.15, 0.2) is 83.8 Å². The number of carbonyl (C=O) groups is 4. The highest BCUT2D eigenvalue weighted by Crippen LogP contribution is 2.17. The van der Waals surface area contributed by atoms with Gasteiger partial charge in [-0.2, -0.15) is 0 Å². The Morgan fingerprint density at radius 1 is 0.919 bits per heavy atom. The lowest BCUT2D eigenvalue weighted by molar-refractivity contribution is -0.140. The van der Waals surface area contributed by atoms with E-state index in [2.05, 4.69) is 10.6 Å². The Labute approximate surface area is 211 Å². The highest BCUT2D eigenvalue weighted by atomic mass is 19.1. The number of carboxylic acid groups (broad SMARTS) is 1. The molecule has 0 bridgehead atoms. The molecule has 37 heavy (non-hydrogen) atoms. The van der Waals surface area contributed by atoms with Crippen molar-refractivity contribution in [3.8, 4) is 0 Å². The van der Waals surface area contributed by atoms with Crippen LogP contribution in [0.2, 0.25) is 0 Å². The second-order valence-corrected chi connectivity index (χ2v) is 8.25. The van der Waals surface area contributed by atoms with Gasteiger partial charge in [0, 0.05) is 11.8 Å². The first-order valence-electron chi connectivity index (χ1n) is 11.5. The van der Waals surface area contributed by atoms with Crippen LogP contribution in [-0.2, 0) is 20.8 Å². The fourth-order valence-corrected chi connectivity index (χ4v) is 3.76. The zero-order chi connectivity index (χ0) is 26.8. The average molecular weight is 508 g/mol. The maximum atomic E-state index is 13.3. The van der Waals surface area contributed by atoms with Gasteiger partial charge in [0.2, 0.25) is 5.91 Å². The number of carboxylic acids is 1. The van der Waals surface area contributed by atoms with E-state index in [1.807, 2.05) is 30.3 Å². The van der Waals surface area contributed by atoms with Crippen molar-refractivity contribution in [3.05, 3.63) is 100 Å². The van der Waals surface area contributed by atoms with Crippen molar-refractivity contribution in [2.24, 2.45) is 0 Å². The molecule has 2 atom stereocenters. The zero-order valence-corrected chi connectivity index (χ0v) is 19.8. The number of nitrogens with zero attached hydrogens (tertiary/aromatic N) is 1. The first kappa shape index (κ1) is 27.0. The van der Waals surface area contributed by atoms with E-state index in [4.69, 9.17) is 5.11 Å². The fourth-order valence-electron chi connectivity index (χ4n) is 3.76. The van der Waals surface area contributed by atoms with E-state index >= 15 is 0 Å². The van der Waals surface area contributed by atoms with Crippen LogP contribution in [0.1, 0.15) is 34.8 Å². The van der Waals surface area contributed by atoms with Crippen LogP contribution in [0.4, 0.5) is 10.1 Å². The number of anilines is 1. The number of aromatic nitrogens is 1. The number of alkyl halides is 1. The molecule has 0 aliphatic heterocycles. The van der Waals surface area contributed by atoms with Gasteiger partial charge in [-0.3, -0.25) is 24.0 Å². The minimum Gasteiger partial charge on any atom is -0.481 e. The van der Waals surface area contributed by atoms with Gasteiger partial charge in [-0.25, -0.2) is 4.39 Å². The molecule has 2 amide bonds. The van der Waals surface area contributed by atoms with Crippen molar-refractivity contribution < 1.29 is 28.7 Å². The lowest BCUT2D eigenvalue weighted by Gasteiger charge is -2.23. The summed E-state index contributed by atoms with van der Waals surface area (Å²) < 4.78 is 14.1. The number of pyridine rings is 1. The van der Waals surface area contributed by atoms with Crippen molar-refractivity contribution in [2.75, 3.05) is 12.0 Å². The Balaban J connectivity index is 1.92. The minimum atomic E-state index is -1.59. The predicted octanol–water partition coefficient (Wildman–Crippen LogP) is 2.77. The third-order valence-corrected chi connectivity index (χ3v) is 5.66. The highest BCUT2D eigenvalue weighted by Gasteiger charge is 2.29. The summed E-state index contributed by atoms with van der Waals surface area (Å²) in [5, 5.41) is 13.9. The van der Waals surface area contributed by atoms with E-state index in [-0.39, 0.29) is 12.1 Å².